The van der Waals surface area contributed by atoms with Gasteiger partial charge in [-0.1, -0.05) is 6.07 Å². The SMILES string of the molecule is Cc1cc(C)c2c(c1C)CCCN2C. The first-order valence-electron chi connectivity index (χ1n) is 5.42. The summed E-state index contributed by atoms with van der Waals surface area (Å²) in [6.07, 6.45) is 2.56. The number of nitrogens with zero attached hydrogens (tertiary/aromatic N) is 1. The van der Waals surface area contributed by atoms with Crippen LogP contribution in [0.15, 0.2) is 6.07 Å². The molecule has 1 aliphatic rings. The first kappa shape index (κ1) is 9.57. The molecule has 1 heterocycles. The number of rotatable bonds is 0. The van der Waals surface area contributed by atoms with Crippen molar-refractivity contribution in [2.75, 3.05) is 18.5 Å². The van der Waals surface area contributed by atoms with Gasteiger partial charge in [0.1, 0.15) is 0 Å². The van der Waals surface area contributed by atoms with Crippen LogP contribution in [0.5, 0.6) is 0 Å². The summed E-state index contributed by atoms with van der Waals surface area (Å²) in [5.74, 6) is 0. The summed E-state index contributed by atoms with van der Waals surface area (Å²) in [5, 5.41) is 0. The molecule has 76 valence electrons. The fourth-order valence-corrected chi connectivity index (χ4v) is 2.60. The lowest BCUT2D eigenvalue weighted by molar-refractivity contribution is 0.736. The number of hydrogen-bond donors (Lipinski definition) is 0. The zero-order valence-corrected chi connectivity index (χ0v) is 9.65. The van der Waals surface area contributed by atoms with Crippen LogP contribution in [0.25, 0.3) is 0 Å². The van der Waals surface area contributed by atoms with E-state index in [1.165, 1.54) is 41.8 Å². The summed E-state index contributed by atoms with van der Waals surface area (Å²) in [7, 11) is 2.21. The molecule has 0 radical (unpaired) electrons. The molecule has 0 spiro atoms. The number of benzene rings is 1. The Hall–Kier alpha value is -0.980. The van der Waals surface area contributed by atoms with E-state index in [0.717, 1.165) is 0 Å². The second-order valence-corrected chi connectivity index (χ2v) is 4.49. The summed E-state index contributed by atoms with van der Waals surface area (Å²) in [6.45, 7) is 7.91. The van der Waals surface area contributed by atoms with Crippen LogP contribution in [-0.4, -0.2) is 13.6 Å². The first-order valence-corrected chi connectivity index (χ1v) is 5.42. The van der Waals surface area contributed by atoms with E-state index in [2.05, 4.69) is 38.8 Å². The van der Waals surface area contributed by atoms with E-state index >= 15 is 0 Å². The Labute approximate surface area is 86.7 Å². The standard InChI is InChI=1S/C13H19N/c1-9-8-10(2)13-12(11(9)3)6-5-7-14(13)4/h8H,5-7H2,1-4H3. The third-order valence-corrected chi connectivity index (χ3v) is 3.44. The molecule has 0 aromatic heterocycles. The second kappa shape index (κ2) is 3.30. The normalized spacial score (nSPS) is 15.6. The highest BCUT2D eigenvalue weighted by Crippen LogP contribution is 2.33. The van der Waals surface area contributed by atoms with Crippen LogP contribution < -0.4 is 4.90 Å². The molecule has 0 saturated heterocycles. The summed E-state index contributed by atoms with van der Waals surface area (Å²) in [4.78, 5) is 2.40. The Bertz CT molecular complexity index is 366. The summed E-state index contributed by atoms with van der Waals surface area (Å²) < 4.78 is 0. The molecular formula is C13H19N. The van der Waals surface area contributed by atoms with Crippen LogP contribution in [0.2, 0.25) is 0 Å². The largest absolute Gasteiger partial charge is 0.374 e. The molecule has 0 aliphatic carbocycles. The fraction of sp³-hybridized carbons (Fsp3) is 0.538. The van der Waals surface area contributed by atoms with Crippen molar-refractivity contribution < 1.29 is 0 Å². The van der Waals surface area contributed by atoms with Crippen molar-refractivity contribution in [1.29, 1.82) is 0 Å². The molecule has 0 amide bonds. The van der Waals surface area contributed by atoms with Gasteiger partial charge in [0.25, 0.3) is 0 Å². The Kier molecular flexibility index (Phi) is 2.26. The van der Waals surface area contributed by atoms with Crippen molar-refractivity contribution in [3.8, 4) is 0 Å². The predicted molar refractivity (Wildman–Crippen MR) is 62.2 cm³/mol. The summed E-state index contributed by atoms with van der Waals surface area (Å²) >= 11 is 0. The topological polar surface area (TPSA) is 3.24 Å². The third-order valence-electron chi connectivity index (χ3n) is 3.44. The van der Waals surface area contributed by atoms with E-state index in [-0.39, 0.29) is 0 Å². The van der Waals surface area contributed by atoms with E-state index in [4.69, 9.17) is 0 Å². The van der Waals surface area contributed by atoms with Crippen LogP contribution in [0, 0.1) is 20.8 Å². The fourth-order valence-electron chi connectivity index (χ4n) is 2.60. The highest BCUT2D eigenvalue weighted by atomic mass is 15.1. The van der Waals surface area contributed by atoms with Crippen LogP contribution in [0.4, 0.5) is 5.69 Å². The monoisotopic (exact) mass is 189 g/mol. The quantitative estimate of drug-likeness (QED) is 0.606. The predicted octanol–water partition coefficient (Wildman–Crippen LogP) is 2.99. The lowest BCUT2D eigenvalue weighted by atomic mass is 9.91. The number of fused-ring (bicyclic) bond motifs is 1. The van der Waals surface area contributed by atoms with Crippen LogP contribution >= 0.6 is 0 Å². The molecule has 14 heavy (non-hydrogen) atoms. The van der Waals surface area contributed by atoms with Crippen molar-refractivity contribution in [2.45, 2.75) is 33.6 Å². The van der Waals surface area contributed by atoms with Gasteiger partial charge in [0.2, 0.25) is 0 Å². The zero-order valence-electron chi connectivity index (χ0n) is 9.65. The zero-order chi connectivity index (χ0) is 10.3. The molecule has 1 heteroatoms. The van der Waals surface area contributed by atoms with Gasteiger partial charge < -0.3 is 4.90 Å². The number of hydrogen-bond acceptors (Lipinski definition) is 1. The minimum absolute atomic E-state index is 1.20. The average Bonchev–Trinajstić information content (AvgIpc) is 2.14. The average molecular weight is 189 g/mol. The Balaban J connectivity index is 2.66. The van der Waals surface area contributed by atoms with Gasteiger partial charge in [-0.05, 0) is 55.9 Å². The van der Waals surface area contributed by atoms with Gasteiger partial charge in [-0.15, -0.1) is 0 Å². The second-order valence-electron chi connectivity index (χ2n) is 4.49. The Morgan fingerprint density at radius 2 is 1.86 bits per heavy atom. The lowest BCUT2D eigenvalue weighted by Crippen LogP contribution is -2.26. The van der Waals surface area contributed by atoms with Crippen LogP contribution in [-0.2, 0) is 6.42 Å². The molecule has 1 aliphatic heterocycles. The first-order chi connectivity index (χ1) is 6.61. The van der Waals surface area contributed by atoms with Gasteiger partial charge >= 0.3 is 0 Å². The number of aryl methyl sites for hydroxylation is 2. The minimum Gasteiger partial charge on any atom is -0.374 e. The molecule has 0 unspecified atom stereocenters. The molecule has 1 aromatic carbocycles. The van der Waals surface area contributed by atoms with Gasteiger partial charge in [0.15, 0.2) is 0 Å². The van der Waals surface area contributed by atoms with Crippen molar-refractivity contribution >= 4 is 5.69 Å². The summed E-state index contributed by atoms with van der Waals surface area (Å²) in [5.41, 5.74) is 7.44. The van der Waals surface area contributed by atoms with E-state index in [9.17, 15) is 0 Å². The summed E-state index contributed by atoms with van der Waals surface area (Å²) in [6, 6.07) is 2.32. The van der Waals surface area contributed by atoms with Gasteiger partial charge in [-0.3, -0.25) is 0 Å². The maximum atomic E-state index is 2.40. The smallest absolute Gasteiger partial charge is 0.0428 e. The molecule has 0 saturated carbocycles. The van der Waals surface area contributed by atoms with Gasteiger partial charge in [0, 0.05) is 19.3 Å². The van der Waals surface area contributed by atoms with E-state index in [1.54, 1.807) is 5.56 Å². The van der Waals surface area contributed by atoms with Crippen molar-refractivity contribution in [1.82, 2.24) is 0 Å². The van der Waals surface area contributed by atoms with Crippen molar-refractivity contribution in [3.63, 3.8) is 0 Å². The molecule has 1 aromatic rings. The van der Waals surface area contributed by atoms with E-state index < -0.39 is 0 Å². The molecule has 0 bridgehead atoms. The van der Waals surface area contributed by atoms with Crippen LogP contribution in [0.3, 0.4) is 0 Å². The Morgan fingerprint density at radius 1 is 1.14 bits per heavy atom. The maximum Gasteiger partial charge on any atom is 0.0428 e. The van der Waals surface area contributed by atoms with E-state index in [1.807, 2.05) is 0 Å². The molecular weight excluding hydrogens is 170 g/mol. The lowest BCUT2D eigenvalue weighted by Gasteiger charge is -2.31. The third kappa shape index (κ3) is 1.31. The van der Waals surface area contributed by atoms with E-state index in [0.29, 0.717) is 0 Å². The molecule has 2 rings (SSSR count). The Morgan fingerprint density at radius 3 is 2.57 bits per heavy atom. The van der Waals surface area contributed by atoms with Gasteiger partial charge in [0.05, 0.1) is 0 Å². The highest BCUT2D eigenvalue weighted by molar-refractivity contribution is 5.64. The van der Waals surface area contributed by atoms with Crippen molar-refractivity contribution in [2.24, 2.45) is 0 Å². The van der Waals surface area contributed by atoms with Crippen molar-refractivity contribution in [3.05, 3.63) is 28.3 Å². The molecule has 0 atom stereocenters. The maximum absolute atomic E-state index is 2.40. The van der Waals surface area contributed by atoms with Crippen LogP contribution in [0.1, 0.15) is 28.7 Å². The molecule has 1 nitrogen and oxygen atoms in total. The number of anilines is 1. The van der Waals surface area contributed by atoms with Gasteiger partial charge in [-0.2, -0.15) is 0 Å². The van der Waals surface area contributed by atoms with Gasteiger partial charge in [-0.25, -0.2) is 0 Å². The highest BCUT2D eigenvalue weighted by Gasteiger charge is 2.18. The molecule has 0 fully saturated rings. The molecule has 0 N–H and O–H groups in total. The minimum atomic E-state index is 1.20.